The Hall–Kier alpha value is -2.63. The van der Waals surface area contributed by atoms with Crippen molar-refractivity contribution in [3.8, 4) is 11.5 Å². The molecule has 4 rings (SSSR count). The van der Waals surface area contributed by atoms with E-state index >= 15 is 0 Å². The molecule has 8 nitrogen and oxygen atoms in total. The van der Waals surface area contributed by atoms with Crippen LogP contribution < -0.4 is 10.2 Å². The molecule has 0 bridgehead atoms. The van der Waals surface area contributed by atoms with E-state index in [9.17, 15) is 19.8 Å². The predicted molar refractivity (Wildman–Crippen MR) is 102 cm³/mol. The first kappa shape index (κ1) is 22.7. The third kappa shape index (κ3) is 5.25. The van der Waals surface area contributed by atoms with Gasteiger partial charge in [0.15, 0.2) is 0 Å². The second-order valence-electron chi connectivity index (χ2n) is 5.66. The van der Waals surface area contributed by atoms with E-state index in [4.69, 9.17) is 10.2 Å². The van der Waals surface area contributed by atoms with Crippen LogP contribution in [-0.4, -0.2) is 81.0 Å². The van der Waals surface area contributed by atoms with Crippen LogP contribution in [0.3, 0.4) is 0 Å². The molecule has 0 fully saturated rings. The molecule has 4 aromatic rings. The maximum absolute atomic E-state index is 11.3. The van der Waals surface area contributed by atoms with Crippen LogP contribution in [0, 0.1) is 0 Å². The summed E-state index contributed by atoms with van der Waals surface area (Å²) < 4.78 is 0. The van der Waals surface area contributed by atoms with Gasteiger partial charge in [0.1, 0.15) is 11.4 Å². The molecule has 29 heavy (non-hydrogen) atoms. The van der Waals surface area contributed by atoms with Crippen molar-refractivity contribution in [3.05, 3.63) is 72.1 Å². The van der Waals surface area contributed by atoms with E-state index in [1.807, 2.05) is 0 Å². The van der Waals surface area contributed by atoms with Crippen LogP contribution in [0.15, 0.2) is 60.7 Å². The van der Waals surface area contributed by atoms with Gasteiger partial charge in [0, 0.05) is 0 Å². The second kappa shape index (κ2) is 9.72. The Balaban J connectivity index is 0.000000200. The van der Waals surface area contributed by atoms with E-state index in [1.165, 1.54) is 24.3 Å². The number of hydrogen-bond donors (Lipinski definition) is 2. The Bertz CT molecular complexity index is 1120. The molecule has 0 aliphatic rings. The Labute approximate surface area is 204 Å². The molecule has 0 spiro atoms. The van der Waals surface area contributed by atoms with Crippen molar-refractivity contribution < 1.29 is 30.0 Å². The number of nitrogens with zero attached hydrogens (tertiary/aromatic N) is 2. The summed E-state index contributed by atoms with van der Waals surface area (Å²) in [4.78, 5) is 28.7. The number of carbonyl (C=O) groups is 2. The number of aromatic nitrogens is 2. The summed E-state index contributed by atoms with van der Waals surface area (Å²) in [5, 5.41) is 41.2. The molecule has 9 heteroatoms. The molecule has 2 N–H and O–H groups in total. The molecule has 2 aromatic heterocycles. The molecule has 0 aliphatic carbocycles. The average Bonchev–Trinajstić information content (AvgIpc) is 2.68. The normalized spacial score (nSPS) is 9.93. The van der Waals surface area contributed by atoms with Gasteiger partial charge in [-0.25, -0.2) is 19.6 Å². The van der Waals surface area contributed by atoms with Crippen LogP contribution >= 0.6 is 0 Å². The van der Waals surface area contributed by atoms with Crippen LogP contribution in [-0.2, 0) is 0 Å². The zero-order valence-corrected chi connectivity index (χ0v) is 19.3. The van der Waals surface area contributed by atoms with Crippen LogP contribution in [0.2, 0.25) is 0 Å². The summed E-state index contributed by atoms with van der Waals surface area (Å²) in [6, 6.07) is 15.3. The largest absolute Gasteiger partial charge is 2.00 e. The molecular formula is C20H12BaN2O6. The monoisotopic (exact) mass is 514 g/mol. The molecular weight excluding hydrogens is 502 g/mol. The van der Waals surface area contributed by atoms with Gasteiger partial charge in [0.2, 0.25) is 0 Å². The van der Waals surface area contributed by atoms with Gasteiger partial charge in [0.25, 0.3) is 0 Å². The summed E-state index contributed by atoms with van der Waals surface area (Å²) in [7, 11) is 0. The van der Waals surface area contributed by atoms with Gasteiger partial charge in [0.05, 0.1) is 11.0 Å². The van der Waals surface area contributed by atoms with E-state index in [-0.39, 0.29) is 82.8 Å². The SMILES string of the molecule is O=C(O)c1ccc2cccc([O-])c2n1.O=C(O)c1ccc2cccc([O-])c2n1.[Ba+2]. The van der Waals surface area contributed by atoms with E-state index in [2.05, 4.69) is 9.97 Å². The van der Waals surface area contributed by atoms with Crippen molar-refractivity contribution in [2.24, 2.45) is 0 Å². The van der Waals surface area contributed by atoms with Gasteiger partial charge in [-0.2, -0.15) is 0 Å². The molecule has 0 radical (unpaired) electrons. The molecule has 140 valence electrons. The summed E-state index contributed by atoms with van der Waals surface area (Å²) in [6.07, 6.45) is 0. The zero-order chi connectivity index (χ0) is 20.3. The Morgan fingerprint density at radius 1 is 0.655 bits per heavy atom. The first-order valence-corrected chi connectivity index (χ1v) is 7.97. The van der Waals surface area contributed by atoms with Gasteiger partial charge in [-0.15, -0.1) is 0 Å². The Morgan fingerprint density at radius 2 is 1.03 bits per heavy atom. The zero-order valence-electron chi connectivity index (χ0n) is 14.9. The molecule has 0 atom stereocenters. The van der Waals surface area contributed by atoms with Crippen molar-refractivity contribution in [1.82, 2.24) is 9.97 Å². The third-order valence-electron chi connectivity index (χ3n) is 3.80. The van der Waals surface area contributed by atoms with E-state index < -0.39 is 11.9 Å². The number of pyridine rings is 2. The number of carboxylic acids is 2. The molecule has 2 aromatic carbocycles. The fourth-order valence-electron chi connectivity index (χ4n) is 2.48. The summed E-state index contributed by atoms with van der Waals surface area (Å²) in [6.45, 7) is 0. The number of carboxylic acid groups (broad SMARTS) is 2. The van der Waals surface area contributed by atoms with Gasteiger partial charge >= 0.3 is 60.8 Å². The number of rotatable bonds is 2. The summed E-state index contributed by atoms with van der Waals surface area (Å²) in [5.41, 5.74) is 0.182. The maximum atomic E-state index is 11.3. The van der Waals surface area contributed by atoms with Gasteiger partial charge < -0.3 is 20.4 Å². The maximum Gasteiger partial charge on any atom is 2.00 e. The second-order valence-corrected chi connectivity index (χ2v) is 5.66. The van der Waals surface area contributed by atoms with Crippen LogP contribution in [0.25, 0.3) is 21.8 Å². The van der Waals surface area contributed by atoms with Crippen LogP contribution in [0.5, 0.6) is 11.5 Å². The van der Waals surface area contributed by atoms with Crippen molar-refractivity contribution in [3.63, 3.8) is 0 Å². The predicted octanol–water partition coefficient (Wildman–Crippen LogP) is 1.63. The first-order valence-electron chi connectivity index (χ1n) is 7.97. The topological polar surface area (TPSA) is 146 Å². The Kier molecular flexibility index (Phi) is 7.60. The van der Waals surface area contributed by atoms with Gasteiger partial charge in [-0.1, -0.05) is 60.0 Å². The van der Waals surface area contributed by atoms with Crippen molar-refractivity contribution in [2.75, 3.05) is 0 Å². The molecule has 2 heterocycles. The van der Waals surface area contributed by atoms with Crippen LogP contribution in [0.1, 0.15) is 21.0 Å². The first-order chi connectivity index (χ1) is 13.4. The van der Waals surface area contributed by atoms with Gasteiger partial charge in [-0.05, 0) is 22.9 Å². The molecule has 0 unspecified atom stereocenters. The summed E-state index contributed by atoms with van der Waals surface area (Å²) in [5.74, 6) is -2.78. The summed E-state index contributed by atoms with van der Waals surface area (Å²) >= 11 is 0. The minimum atomic E-state index is -1.13. The molecule has 0 aliphatic heterocycles. The van der Waals surface area contributed by atoms with Crippen molar-refractivity contribution >= 4 is 82.6 Å². The number of hydrogen-bond acceptors (Lipinski definition) is 6. The molecule has 0 saturated heterocycles. The minimum absolute atomic E-state index is 0. The van der Waals surface area contributed by atoms with Gasteiger partial charge in [-0.3, -0.25) is 0 Å². The quantitative estimate of drug-likeness (QED) is 0.385. The molecule has 0 amide bonds. The molecule has 0 saturated carbocycles. The number of fused-ring (bicyclic) bond motifs is 2. The minimum Gasteiger partial charge on any atom is -0.871 e. The van der Waals surface area contributed by atoms with E-state index in [0.29, 0.717) is 10.8 Å². The smallest absolute Gasteiger partial charge is 0.871 e. The number of benzene rings is 2. The Morgan fingerprint density at radius 3 is 1.38 bits per heavy atom. The van der Waals surface area contributed by atoms with Crippen molar-refractivity contribution in [1.29, 1.82) is 0 Å². The number of para-hydroxylation sites is 2. The fourth-order valence-corrected chi connectivity index (χ4v) is 2.48. The van der Waals surface area contributed by atoms with Crippen LogP contribution in [0.4, 0.5) is 0 Å². The fraction of sp³-hybridized carbons (Fsp3) is 0. The number of aromatic carboxylic acids is 2. The third-order valence-corrected chi connectivity index (χ3v) is 3.80. The average molecular weight is 514 g/mol. The van der Waals surface area contributed by atoms with E-state index in [1.54, 1.807) is 36.4 Å². The standard InChI is InChI=1S/2C10H7NO3.Ba/c2*12-8-3-1-2-6-4-5-7(10(13)14)11-9(6)8;/h2*1-5,12H,(H,13,14);/q;;+2/p-2. The van der Waals surface area contributed by atoms with Crippen molar-refractivity contribution in [2.45, 2.75) is 0 Å². The van der Waals surface area contributed by atoms with E-state index in [0.717, 1.165) is 0 Å².